The molecule has 0 radical (unpaired) electrons. The van der Waals surface area contributed by atoms with Gasteiger partial charge in [-0.25, -0.2) is 0 Å². The number of carbonyl (C=O) groups is 3. The molecule has 3 aliphatic rings. The highest BCUT2D eigenvalue weighted by Crippen LogP contribution is 2.67. The number of aliphatic hydroxyl groups is 1. The number of amides is 2. The molecule has 4 rings (SSSR count). The number of rotatable bonds is 7. The number of hydrogen-bond acceptors (Lipinski definition) is 5. The summed E-state index contributed by atoms with van der Waals surface area (Å²) < 4.78 is -0.883. The number of likely N-dealkylation sites (tertiary alicyclic amines) is 1. The molecular formula is C21H22BrClN2O5S. The molecule has 7 nitrogen and oxygen atoms in total. The van der Waals surface area contributed by atoms with Gasteiger partial charge in [0.15, 0.2) is 0 Å². The second-order valence-electron chi connectivity index (χ2n) is 7.95. The van der Waals surface area contributed by atoms with Crippen molar-refractivity contribution in [2.45, 2.75) is 27.3 Å². The van der Waals surface area contributed by atoms with Crippen LogP contribution in [0.5, 0.6) is 0 Å². The first-order valence-corrected chi connectivity index (χ1v) is 12.1. The number of para-hydroxylation sites is 1. The SMILES string of the molecule is C=CCN(C(=O)C1N(CCO)C(=O)[C@@H]2[C@H](C(=O)O)[C@H]3SC12CC3Br)c1ccccc1Cl. The van der Waals surface area contributed by atoms with Gasteiger partial charge in [0.1, 0.15) is 6.04 Å². The Bertz CT molecular complexity index is 948. The van der Waals surface area contributed by atoms with Crippen LogP contribution in [0.2, 0.25) is 5.02 Å². The number of anilines is 1. The van der Waals surface area contributed by atoms with Crippen molar-refractivity contribution >= 4 is 62.8 Å². The summed E-state index contributed by atoms with van der Waals surface area (Å²) in [5.41, 5.74) is 0.494. The molecule has 166 valence electrons. The van der Waals surface area contributed by atoms with Gasteiger partial charge >= 0.3 is 5.97 Å². The number of aliphatic hydroxyl groups excluding tert-OH is 1. The molecule has 1 aromatic carbocycles. The lowest BCUT2D eigenvalue weighted by atomic mass is 9.71. The number of halogens is 2. The lowest BCUT2D eigenvalue weighted by molar-refractivity contribution is -0.148. The van der Waals surface area contributed by atoms with E-state index in [1.165, 1.54) is 21.6 Å². The summed E-state index contributed by atoms with van der Waals surface area (Å²) in [6, 6.07) is 6.01. The maximum absolute atomic E-state index is 14.0. The summed E-state index contributed by atoms with van der Waals surface area (Å²) >= 11 is 11.4. The van der Waals surface area contributed by atoms with Crippen molar-refractivity contribution in [3.63, 3.8) is 0 Å². The molecule has 3 saturated heterocycles. The summed E-state index contributed by atoms with van der Waals surface area (Å²) in [5.74, 6) is -3.47. The number of thioether (sulfide) groups is 1. The predicted octanol–water partition coefficient (Wildman–Crippen LogP) is 2.40. The Labute approximate surface area is 197 Å². The number of aliphatic carboxylic acids is 1. The molecule has 3 aliphatic heterocycles. The Balaban J connectivity index is 1.82. The molecule has 10 heteroatoms. The molecule has 0 aromatic heterocycles. The second-order valence-corrected chi connectivity index (χ2v) is 11.1. The minimum absolute atomic E-state index is 0.0392. The van der Waals surface area contributed by atoms with Gasteiger partial charge in [-0.05, 0) is 18.6 Å². The molecule has 3 fully saturated rings. The molecule has 0 saturated carbocycles. The number of β-amino-alcohol motifs (C(OH)–C–C–N with tert-alkyl or cyclic N) is 1. The van der Waals surface area contributed by atoms with Crippen molar-refractivity contribution in [2.75, 3.05) is 24.6 Å². The van der Waals surface area contributed by atoms with Crippen molar-refractivity contribution < 1.29 is 24.6 Å². The first-order chi connectivity index (χ1) is 14.8. The van der Waals surface area contributed by atoms with Crippen LogP contribution in [0.4, 0.5) is 5.69 Å². The number of hydrogen-bond donors (Lipinski definition) is 2. The normalized spacial score (nSPS) is 33.5. The summed E-state index contributed by atoms with van der Waals surface area (Å²) in [4.78, 5) is 42.2. The van der Waals surface area contributed by atoms with E-state index in [9.17, 15) is 24.6 Å². The number of nitrogens with zero attached hydrogens (tertiary/aromatic N) is 2. The highest BCUT2D eigenvalue weighted by molar-refractivity contribution is 9.09. The maximum atomic E-state index is 14.0. The number of fused-ring (bicyclic) bond motifs is 1. The lowest BCUT2D eigenvalue weighted by Crippen LogP contribution is -2.56. The molecule has 6 atom stereocenters. The number of carbonyl (C=O) groups excluding carboxylic acids is 2. The van der Waals surface area contributed by atoms with E-state index in [1.807, 2.05) is 0 Å². The topological polar surface area (TPSA) is 98.2 Å². The fraction of sp³-hybridized carbons (Fsp3) is 0.476. The molecule has 2 amide bonds. The fourth-order valence-electron chi connectivity index (χ4n) is 5.29. The van der Waals surface area contributed by atoms with Crippen LogP contribution in [0.15, 0.2) is 36.9 Å². The highest BCUT2D eigenvalue weighted by atomic mass is 79.9. The van der Waals surface area contributed by atoms with Crippen molar-refractivity contribution in [3.05, 3.63) is 41.9 Å². The van der Waals surface area contributed by atoms with Crippen LogP contribution in [0, 0.1) is 11.8 Å². The third-order valence-corrected chi connectivity index (χ3v) is 9.91. The smallest absolute Gasteiger partial charge is 0.308 e. The molecule has 1 aromatic rings. The minimum Gasteiger partial charge on any atom is -0.481 e. The first kappa shape index (κ1) is 22.6. The zero-order chi connectivity index (χ0) is 22.5. The van der Waals surface area contributed by atoms with Crippen LogP contribution >= 0.6 is 39.3 Å². The first-order valence-electron chi connectivity index (χ1n) is 9.91. The number of carboxylic acids is 1. The van der Waals surface area contributed by atoms with E-state index in [0.717, 1.165) is 0 Å². The van der Waals surface area contributed by atoms with E-state index in [4.69, 9.17) is 11.6 Å². The zero-order valence-electron chi connectivity index (χ0n) is 16.5. The molecule has 1 spiro atoms. The number of alkyl halides is 1. The summed E-state index contributed by atoms with van der Waals surface area (Å²) in [7, 11) is 0. The largest absolute Gasteiger partial charge is 0.481 e. The van der Waals surface area contributed by atoms with Crippen LogP contribution in [0.3, 0.4) is 0 Å². The predicted molar refractivity (Wildman–Crippen MR) is 123 cm³/mol. The summed E-state index contributed by atoms with van der Waals surface area (Å²) in [5, 5.41) is 19.6. The maximum Gasteiger partial charge on any atom is 0.308 e. The van der Waals surface area contributed by atoms with Crippen LogP contribution in [-0.4, -0.2) is 73.5 Å². The minimum atomic E-state index is -1.03. The van der Waals surface area contributed by atoms with Gasteiger partial charge < -0.3 is 20.0 Å². The van der Waals surface area contributed by atoms with Crippen molar-refractivity contribution in [1.29, 1.82) is 0 Å². The van der Waals surface area contributed by atoms with E-state index < -0.39 is 28.6 Å². The molecule has 2 N–H and O–H groups in total. The van der Waals surface area contributed by atoms with Gasteiger partial charge in [0.2, 0.25) is 5.91 Å². The Morgan fingerprint density at radius 3 is 2.74 bits per heavy atom. The summed E-state index contributed by atoms with van der Waals surface area (Å²) in [6.07, 6.45) is 2.07. The molecule has 31 heavy (non-hydrogen) atoms. The standard InChI is InChI=1S/C21H22BrClN2O5S/c1-2-7-24(13-6-4-3-5-12(13)23)19(28)17-21-10-11(22)16(31-21)14(20(29)30)15(21)18(27)25(17)8-9-26/h2-6,11,14-17,26H,1,7-10H2,(H,29,30)/t11?,14-,15-,16-,17?,21?/m0/s1. The van der Waals surface area contributed by atoms with Gasteiger partial charge in [0, 0.05) is 23.2 Å². The van der Waals surface area contributed by atoms with Crippen LogP contribution in [0.1, 0.15) is 6.42 Å². The van der Waals surface area contributed by atoms with Gasteiger partial charge in [0.25, 0.3) is 5.91 Å². The highest BCUT2D eigenvalue weighted by Gasteiger charge is 2.76. The van der Waals surface area contributed by atoms with E-state index in [0.29, 0.717) is 17.1 Å². The monoisotopic (exact) mass is 528 g/mol. The molecule has 3 heterocycles. The number of benzene rings is 1. The Hall–Kier alpha value is -1.55. The Morgan fingerprint density at radius 2 is 2.13 bits per heavy atom. The molecule has 3 unspecified atom stereocenters. The fourth-order valence-corrected chi connectivity index (χ4v) is 9.13. The van der Waals surface area contributed by atoms with Crippen molar-refractivity contribution in [1.82, 2.24) is 4.90 Å². The Kier molecular flexibility index (Phi) is 6.15. The van der Waals surface area contributed by atoms with Crippen LogP contribution in [-0.2, 0) is 14.4 Å². The van der Waals surface area contributed by atoms with E-state index >= 15 is 0 Å². The average Bonchev–Trinajstić information content (AvgIpc) is 3.31. The Morgan fingerprint density at radius 1 is 1.42 bits per heavy atom. The number of carboxylic acid groups (broad SMARTS) is 1. The van der Waals surface area contributed by atoms with Gasteiger partial charge in [-0.2, -0.15) is 0 Å². The zero-order valence-corrected chi connectivity index (χ0v) is 19.6. The van der Waals surface area contributed by atoms with Crippen molar-refractivity contribution in [3.8, 4) is 0 Å². The van der Waals surface area contributed by atoms with Gasteiger partial charge in [-0.1, -0.05) is 45.7 Å². The third-order valence-electron chi connectivity index (χ3n) is 6.37. The van der Waals surface area contributed by atoms with Crippen LogP contribution < -0.4 is 4.90 Å². The van der Waals surface area contributed by atoms with E-state index in [-0.39, 0.29) is 41.6 Å². The third kappa shape index (κ3) is 3.32. The van der Waals surface area contributed by atoms with Gasteiger partial charge in [0.05, 0.1) is 33.9 Å². The van der Waals surface area contributed by atoms with Gasteiger partial charge in [-0.3, -0.25) is 14.4 Å². The summed E-state index contributed by atoms with van der Waals surface area (Å²) in [6.45, 7) is 3.56. The van der Waals surface area contributed by atoms with E-state index in [1.54, 1.807) is 30.3 Å². The van der Waals surface area contributed by atoms with E-state index in [2.05, 4.69) is 22.5 Å². The quantitative estimate of drug-likeness (QED) is 0.416. The van der Waals surface area contributed by atoms with Crippen LogP contribution in [0.25, 0.3) is 0 Å². The van der Waals surface area contributed by atoms with Crippen molar-refractivity contribution in [2.24, 2.45) is 11.8 Å². The second kappa shape index (κ2) is 8.42. The average molecular weight is 530 g/mol. The molecular weight excluding hydrogens is 508 g/mol. The van der Waals surface area contributed by atoms with Gasteiger partial charge in [-0.15, -0.1) is 18.3 Å². The molecule has 0 aliphatic carbocycles. The molecule has 2 bridgehead atoms. The lowest BCUT2D eigenvalue weighted by Gasteiger charge is -2.37.